The lowest BCUT2D eigenvalue weighted by atomic mass is 10.0. The summed E-state index contributed by atoms with van der Waals surface area (Å²) in [5.41, 5.74) is 5.48. The Morgan fingerprint density at radius 3 is 2.32 bits per heavy atom. The molecule has 2 rings (SSSR count). The van der Waals surface area contributed by atoms with Crippen molar-refractivity contribution in [1.29, 1.82) is 0 Å². The highest BCUT2D eigenvalue weighted by atomic mass is 16.5. The van der Waals surface area contributed by atoms with Crippen LogP contribution in [-0.2, 0) is 4.79 Å². The summed E-state index contributed by atoms with van der Waals surface area (Å²) in [6.07, 6.45) is 0. The third-order valence-corrected chi connectivity index (χ3v) is 3.77. The summed E-state index contributed by atoms with van der Waals surface area (Å²) >= 11 is 0. The number of methoxy groups -OCH3 is 1. The van der Waals surface area contributed by atoms with Crippen molar-refractivity contribution >= 4 is 11.6 Å². The summed E-state index contributed by atoms with van der Waals surface area (Å²) in [5.74, 6) is 1.26. The molecule has 0 unspecified atom stereocenters. The van der Waals surface area contributed by atoms with E-state index in [1.807, 2.05) is 31.2 Å². The highest BCUT2D eigenvalue weighted by Crippen LogP contribution is 2.25. The zero-order valence-corrected chi connectivity index (χ0v) is 15.1. The van der Waals surface area contributed by atoms with Gasteiger partial charge in [0.25, 0.3) is 5.91 Å². The number of ether oxygens (including phenoxy) is 2. The molecule has 0 bridgehead atoms. The van der Waals surface area contributed by atoms with E-state index in [1.165, 1.54) is 5.56 Å². The van der Waals surface area contributed by atoms with Gasteiger partial charge in [0, 0.05) is 0 Å². The van der Waals surface area contributed by atoms with E-state index in [-0.39, 0.29) is 12.5 Å². The maximum absolute atomic E-state index is 11.9. The third-order valence-electron chi connectivity index (χ3n) is 3.77. The van der Waals surface area contributed by atoms with E-state index in [4.69, 9.17) is 9.47 Å². The van der Waals surface area contributed by atoms with Crippen LogP contribution >= 0.6 is 0 Å². The molecular formula is C20H24N2O3. The molecule has 2 aromatic carbocycles. The molecule has 0 aromatic heterocycles. The SMILES string of the molecule is COc1ccccc1OCC(=O)N/N=C(/C)c1ccc(C(C)C)cc1. The smallest absolute Gasteiger partial charge is 0.277 e. The van der Waals surface area contributed by atoms with Crippen molar-refractivity contribution in [2.75, 3.05) is 13.7 Å². The Kier molecular flexibility index (Phi) is 6.57. The predicted molar refractivity (Wildman–Crippen MR) is 99.4 cm³/mol. The van der Waals surface area contributed by atoms with Crippen LogP contribution in [0.2, 0.25) is 0 Å². The van der Waals surface area contributed by atoms with E-state index in [1.54, 1.807) is 19.2 Å². The van der Waals surface area contributed by atoms with Crippen molar-refractivity contribution in [3.63, 3.8) is 0 Å². The van der Waals surface area contributed by atoms with Crippen molar-refractivity contribution in [2.45, 2.75) is 26.7 Å². The molecule has 0 aliphatic rings. The second-order valence-corrected chi connectivity index (χ2v) is 5.95. The molecule has 1 amide bonds. The highest BCUT2D eigenvalue weighted by molar-refractivity contribution is 5.99. The molecule has 1 N–H and O–H groups in total. The summed E-state index contributed by atoms with van der Waals surface area (Å²) in [6, 6.07) is 15.3. The second-order valence-electron chi connectivity index (χ2n) is 5.95. The summed E-state index contributed by atoms with van der Waals surface area (Å²) in [4.78, 5) is 11.9. The topological polar surface area (TPSA) is 59.9 Å². The van der Waals surface area contributed by atoms with Crippen LogP contribution in [0.3, 0.4) is 0 Å². The number of hydrazone groups is 1. The molecule has 0 spiro atoms. The molecule has 25 heavy (non-hydrogen) atoms. The third kappa shape index (κ3) is 5.35. The van der Waals surface area contributed by atoms with Gasteiger partial charge in [-0.05, 0) is 36.1 Å². The van der Waals surface area contributed by atoms with Crippen LogP contribution < -0.4 is 14.9 Å². The van der Waals surface area contributed by atoms with Crippen LogP contribution in [0.5, 0.6) is 11.5 Å². The Hall–Kier alpha value is -2.82. The largest absolute Gasteiger partial charge is 0.493 e. The number of hydrogen-bond acceptors (Lipinski definition) is 4. The van der Waals surface area contributed by atoms with Crippen LogP contribution in [0, 0.1) is 0 Å². The second kappa shape index (κ2) is 8.87. The van der Waals surface area contributed by atoms with Crippen LogP contribution in [0.1, 0.15) is 37.8 Å². The first kappa shape index (κ1) is 18.5. The maximum atomic E-state index is 11.9. The van der Waals surface area contributed by atoms with Crippen molar-refractivity contribution in [1.82, 2.24) is 5.43 Å². The summed E-state index contributed by atoms with van der Waals surface area (Å²) in [5, 5.41) is 4.13. The van der Waals surface area contributed by atoms with Gasteiger partial charge in [0.1, 0.15) is 0 Å². The molecule has 132 valence electrons. The normalized spacial score (nSPS) is 11.3. The number of nitrogens with zero attached hydrogens (tertiary/aromatic N) is 1. The zero-order valence-electron chi connectivity index (χ0n) is 15.1. The van der Waals surface area contributed by atoms with E-state index in [0.717, 1.165) is 11.3 Å². The Morgan fingerprint density at radius 2 is 1.72 bits per heavy atom. The molecule has 0 fully saturated rings. The molecule has 2 aromatic rings. The Balaban J connectivity index is 1.90. The number of benzene rings is 2. The van der Waals surface area contributed by atoms with Gasteiger partial charge in [0.15, 0.2) is 18.1 Å². The lowest BCUT2D eigenvalue weighted by Gasteiger charge is -2.09. The molecule has 0 aliphatic carbocycles. The summed E-state index contributed by atoms with van der Waals surface area (Å²) in [6.45, 7) is 6.02. The van der Waals surface area contributed by atoms with Gasteiger partial charge in [-0.25, -0.2) is 5.43 Å². The van der Waals surface area contributed by atoms with Gasteiger partial charge in [0.2, 0.25) is 0 Å². The number of carbonyl (C=O) groups excluding carboxylic acids is 1. The fourth-order valence-electron chi connectivity index (χ4n) is 2.23. The Labute approximate surface area is 148 Å². The van der Waals surface area contributed by atoms with Gasteiger partial charge in [-0.2, -0.15) is 5.10 Å². The van der Waals surface area contributed by atoms with Gasteiger partial charge in [0.05, 0.1) is 12.8 Å². The number of amides is 1. The van der Waals surface area contributed by atoms with Crippen LogP contribution in [0.4, 0.5) is 0 Å². The number of nitrogens with one attached hydrogen (secondary N) is 1. The Morgan fingerprint density at radius 1 is 1.08 bits per heavy atom. The van der Waals surface area contributed by atoms with E-state index >= 15 is 0 Å². The molecule has 0 saturated heterocycles. The molecular weight excluding hydrogens is 316 g/mol. The zero-order chi connectivity index (χ0) is 18.2. The standard InChI is InChI=1S/C20H24N2O3/c1-14(2)16-9-11-17(12-10-16)15(3)21-22-20(23)13-25-19-8-6-5-7-18(19)24-4/h5-12,14H,13H2,1-4H3,(H,22,23)/b21-15-. The fraction of sp³-hybridized carbons (Fsp3) is 0.300. The van der Waals surface area contributed by atoms with Crippen molar-refractivity contribution in [3.8, 4) is 11.5 Å². The number of rotatable bonds is 7. The number of carbonyl (C=O) groups is 1. The first-order chi connectivity index (χ1) is 12.0. The average molecular weight is 340 g/mol. The summed E-state index contributed by atoms with van der Waals surface area (Å²) in [7, 11) is 1.56. The van der Waals surface area contributed by atoms with E-state index in [9.17, 15) is 4.79 Å². The highest BCUT2D eigenvalue weighted by Gasteiger charge is 2.07. The van der Waals surface area contributed by atoms with Gasteiger partial charge < -0.3 is 9.47 Å². The molecule has 5 heteroatoms. The predicted octanol–water partition coefficient (Wildman–Crippen LogP) is 3.74. The lowest BCUT2D eigenvalue weighted by Crippen LogP contribution is -2.25. The minimum absolute atomic E-state index is 0.135. The monoisotopic (exact) mass is 340 g/mol. The minimum Gasteiger partial charge on any atom is -0.493 e. The van der Waals surface area contributed by atoms with Crippen LogP contribution in [-0.4, -0.2) is 25.3 Å². The van der Waals surface area contributed by atoms with Crippen molar-refractivity contribution in [2.24, 2.45) is 5.10 Å². The van der Waals surface area contributed by atoms with Crippen LogP contribution in [0.25, 0.3) is 0 Å². The number of para-hydroxylation sites is 2. The average Bonchev–Trinajstić information content (AvgIpc) is 2.64. The quantitative estimate of drug-likeness (QED) is 0.617. The van der Waals surface area contributed by atoms with E-state index < -0.39 is 0 Å². The lowest BCUT2D eigenvalue weighted by molar-refractivity contribution is -0.123. The van der Waals surface area contributed by atoms with Gasteiger partial charge >= 0.3 is 0 Å². The van der Waals surface area contributed by atoms with Crippen molar-refractivity contribution < 1.29 is 14.3 Å². The molecule has 0 atom stereocenters. The Bertz CT molecular complexity index is 737. The van der Waals surface area contributed by atoms with Gasteiger partial charge in [-0.1, -0.05) is 50.2 Å². The minimum atomic E-state index is -0.330. The molecule has 5 nitrogen and oxygen atoms in total. The van der Waals surface area contributed by atoms with Crippen molar-refractivity contribution in [3.05, 3.63) is 59.7 Å². The molecule has 0 aliphatic heterocycles. The van der Waals surface area contributed by atoms with E-state index in [2.05, 4.69) is 36.5 Å². The molecule has 0 saturated carbocycles. The van der Waals surface area contributed by atoms with E-state index in [0.29, 0.717) is 17.4 Å². The fourth-order valence-corrected chi connectivity index (χ4v) is 2.23. The van der Waals surface area contributed by atoms with Gasteiger partial charge in [-0.3, -0.25) is 4.79 Å². The maximum Gasteiger partial charge on any atom is 0.277 e. The number of hydrogen-bond donors (Lipinski definition) is 1. The van der Waals surface area contributed by atoms with Crippen LogP contribution in [0.15, 0.2) is 53.6 Å². The molecule has 0 heterocycles. The first-order valence-corrected chi connectivity index (χ1v) is 8.20. The summed E-state index contributed by atoms with van der Waals surface area (Å²) < 4.78 is 10.6. The first-order valence-electron chi connectivity index (χ1n) is 8.20. The molecule has 0 radical (unpaired) electrons. The van der Waals surface area contributed by atoms with Gasteiger partial charge in [-0.15, -0.1) is 0 Å².